The molecule has 16 heavy (non-hydrogen) atoms. The summed E-state index contributed by atoms with van der Waals surface area (Å²) in [5, 5.41) is 5.34. The van der Waals surface area contributed by atoms with E-state index in [2.05, 4.69) is 29.8 Å². The molecule has 1 amide bonds. The SMILES string of the molecule is CCC1NCCN(CCc2cccs2)C1=O. The van der Waals surface area contributed by atoms with Crippen LogP contribution >= 0.6 is 11.3 Å². The van der Waals surface area contributed by atoms with Gasteiger partial charge in [-0.25, -0.2) is 0 Å². The van der Waals surface area contributed by atoms with Gasteiger partial charge in [-0.1, -0.05) is 13.0 Å². The molecule has 1 aliphatic rings. The molecule has 1 aromatic rings. The van der Waals surface area contributed by atoms with E-state index in [0.29, 0.717) is 0 Å². The molecule has 1 aliphatic heterocycles. The first-order chi connectivity index (χ1) is 7.81. The second kappa shape index (κ2) is 5.46. The quantitative estimate of drug-likeness (QED) is 0.862. The number of rotatable bonds is 4. The van der Waals surface area contributed by atoms with Crippen LogP contribution in [0, 0.1) is 0 Å². The third-order valence-electron chi connectivity index (χ3n) is 3.00. The zero-order valence-corrected chi connectivity index (χ0v) is 10.4. The molecule has 0 bridgehead atoms. The Morgan fingerprint density at radius 1 is 1.62 bits per heavy atom. The second-order valence-electron chi connectivity index (χ2n) is 4.07. The van der Waals surface area contributed by atoms with E-state index in [1.807, 2.05) is 4.90 Å². The summed E-state index contributed by atoms with van der Waals surface area (Å²) in [4.78, 5) is 15.3. The molecule has 1 fully saturated rings. The highest BCUT2D eigenvalue weighted by atomic mass is 32.1. The standard InChI is InChI=1S/C12H18N2OS/c1-2-11-12(15)14(8-6-13-11)7-5-10-4-3-9-16-10/h3-4,9,11,13H,2,5-8H2,1H3. The Hall–Kier alpha value is -0.870. The molecule has 4 heteroatoms. The molecule has 1 atom stereocenters. The summed E-state index contributed by atoms with van der Waals surface area (Å²) < 4.78 is 0. The molecule has 1 saturated heterocycles. The molecule has 1 unspecified atom stereocenters. The maximum Gasteiger partial charge on any atom is 0.239 e. The van der Waals surface area contributed by atoms with Gasteiger partial charge >= 0.3 is 0 Å². The number of nitrogens with zero attached hydrogens (tertiary/aromatic N) is 1. The van der Waals surface area contributed by atoms with Gasteiger partial charge in [-0.05, 0) is 24.3 Å². The number of nitrogens with one attached hydrogen (secondary N) is 1. The molecule has 0 aliphatic carbocycles. The van der Waals surface area contributed by atoms with Gasteiger partial charge in [-0.2, -0.15) is 0 Å². The zero-order chi connectivity index (χ0) is 11.4. The van der Waals surface area contributed by atoms with Crippen LogP contribution in [0.2, 0.25) is 0 Å². The van der Waals surface area contributed by atoms with Crippen LogP contribution in [-0.4, -0.2) is 36.5 Å². The van der Waals surface area contributed by atoms with E-state index in [1.54, 1.807) is 11.3 Å². The van der Waals surface area contributed by atoms with Crippen LogP contribution in [0.1, 0.15) is 18.2 Å². The fraction of sp³-hybridized carbons (Fsp3) is 0.583. The smallest absolute Gasteiger partial charge is 0.239 e. The van der Waals surface area contributed by atoms with Gasteiger partial charge in [-0.15, -0.1) is 11.3 Å². The van der Waals surface area contributed by atoms with Crippen LogP contribution in [0.25, 0.3) is 0 Å². The van der Waals surface area contributed by atoms with Crippen molar-refractivity contribution in [1.29, 1.82) is 0 Å². The van der Waals surface area contributed by atoms with Gasteiger partial charge in [0, 0.05) is 24.5 Å². The summed E-state index contributed by atoms with van der Waals surface area (Å²) in [6.45, 7) is 4.69. The largest absolute Gasteiger partial charge is 0.340 e. The fourth-order valence-electron chi connectivity index (χ4n) is 2.03. The van der Waals surface area contributed by atoms with Gasteiger partial charge in [0.05, 0.1) is 6.04 Å². The van der Waals surface area contributed by atoms with Gasteiger partial charge in [0.1, 0.15) is 0 Å². The maximum absolute atomic E-state index is 12.0. The predicted octanol–water partition coefficient (Wildman–Crippen LogP) is 1.50. The number of piperazine rings is 1. The van der Waals surface area contributed by atoms with Gasteiger partial charge in [-0.3, -0.25) is 4.79 Å². The van der Waals surface area contributed by atoms with Crippen molar-refractivity contribution < 1.29 is 4.79 Å². The number of carbonyl (C=O) groups excluding carboxylic acids is 1. The van der Waals surface area contributed by atoms with Crippen LogP contribution in [-0.2, 0) is 11.2 Å². The summed E-state index contributed by atoms with van der Waals surface area (Å²) in [6, 6.07) is 4.24. The minimum atomic E-state index is 0.0390. The molecular formula is C12H18N2OS. The molecular weight excluding hydrogens is 220 g/mol. The second-order valence-corrected chi connectivity index (χ2v) is 5.10. The van der Waals surface area contributed by atoms with Crippen molar-refractivity contribution in [3.05, 3.63) is 22.4 Å². The van der Waals surface area contributed by atoms with Gasteiger partial charge in [0.25, 0.3) is 0 Å². The topological polar surface area (TPSA) is 32.3 Å². The van der Waals surface area contributed by atoms with Gasteiger partial charge in [0.2, 0.25) is 5.91 Å². The van der Waals surface area contributed by atoms with Crippen molar-refractivity contribution >= 4 is 17.2 Å². The third-order valence-corrected chi connectivity index (χ3v) is 3.93. The van der Waals surface area contributed by atoms with E-state index in [4.69, 9.17) is 0 Å². The fourth-order valence-corrected chi connectivity index (χ4v) is 2.73. The molecule has 3 nitrogen and oxygen atoms in total. The highest BCUT2D eigenvalue weighted by Gasteiger charge is 2.26. The average Bonchev–Trinajstić information content (AvgIpc) is 2.81. The molecule has 0 radical (unpaired) electrons. The maximum atomic E-state index is 12.0. The Kier molecular flexibility index (Phi) is 3.96. The minimum Gasteiger partial charge on any atom is -0.340 e. The Bertz CT molecular complexity index is 337. The van der Waals surface area contributed by atoms with E-state index in [-0.39, 0.29) is 11.9 Å². The van der Waals surface area contributed by atoms with Crippen LogP contribution in [0.15, 0.2) is 17.5 Å². The lowest BCUT2D eigenvalue weighted by molar-refractivity contribution is -0.135. The Morgan fingerprint density at radius 2 is 2.50 bits per heavy atom. The van der Waals surface area contributed by atoms with Crippen LogP contribution < -0.4 is 5.32 Å². The van der Waals surface area contributed by atoms with Crippen molar-refractivity contribution in [2.75, 3.05) is 19.6 Å². The van der Waals surface area contributed by atoms with Crippen molar-refractivity contribution in [2.24, 2.45) is 0 Å². The van der Waals surface area contributed by atoms with E-state index in [0.717, 1.165) is 32.5 Å². The van der Waals surface area contributed by atoms with E-state index < -0.39 is 0 Å². The lowest BCUT2D eigenvalue weighted by Gasteiger charge is -2.32. The van der Waals surface area contributed by atoms with Crippen molar-refractivity contribution in [3.63, 3.8) is 0 Å². The molecule has 0 spiro atoms. The van der Waals surface area contributed by atoms with E-state index >= 15 is 0 Å². The van der Waals surface area contributed by atoms with Crippen molar-refractivity contribution in [3.8, 4) is 0 Å². The minimum absolute atomic E-state index is 0.0390. The molecule has 1 N–H and O–H groups in total. The molecule has 0 saturated carbocycles. The Labute approximate surface area is 100 Å². The summed E-state index contributed by atoms with van der Waals surface area (Å²) >= 11 is 1.77. The van der Waals surface area contributed by atoms with Gasteiger partial charge < -0.3 is 10.2 Å². The Balaban J connectivity index is 1.87. The molecule has 1 aromatic heterocycles. The predicted molar refractivity (Wildman–Crippen MR) is 66.7 cm³/mol. The zero-order valence-electron chi connectivity index (χ0n) is 9.61. The first-order valence-corrected chi connectivity index (χ1v) is 6.73. The summed E-state index contributed by atoms with van der Waals surface area (Å²) in [6.07, 6.45) is 1.87. The summed E-state index contributed by atoms with van der Waals surface area (Å²) in [5.41, 5.74) is 0. The highest BCUT2D eigenvalue weighted by molar-refractivity contribution is 7.09. The molecule has 0 aromatic carbocycles. The summed E-state index contributed by atoms with van der Waals surface area (Å²) in [7, 11) is 0. The van der Waals surface area contributed by atoms with Crippen molar-refractivity contribution in [2.45, 2.75) is 25.8 Å². The number of amides is 1. The van der Waals surface area contributed by atoms with Crippen LogP contribution in [0.4, 0.5) is 0 Å². The van der Waals surface area contributed by atoms with Crippen LogP contribution in [0.3, 0.4) is 0 Å². The Morgan fingerprint density at radius 3 is 3.19 bits per heavy atom. The number of hydrogen-bond donors (Lipinski definition) is 1. The molecule has 2 rings (SSSR count). The lowest BCUT2D eigenvalue weighted by atomic mass is 10.1. The van der Waals surface area contributed by atoms with Crippen LogP contribution in [0.5, 0.6) is 0 Å². The number of hydrogen-bond acceptors (Lipinski definition) is 3. The normalized spacial score (nSPS) is 21.4. The first-order valence-electron chi connectivity index (χ1n) is 5.86. The third kappa shape index (κ3) is 2.62. The lowest BCUT2D eigenvalue weighted by Crippen LogP contribution is -2.55. The first kappa shape index (κ1) is 11.6. The van der Waals surface area contributed by atoms with E-state index in [9.17, 15) is 4.79 Å². The molecule has 88 valence electrons. The summed E-state index contributed by atoms with van der Waals surface area (Å²) in [5.74, 6) is 0.269. The molecule has 2 heterocycles. The number of carbonyl (C=O) groups is 1. The average molecular weight is 238 g/mol. The highest BCUT2D eigenvalue weighted by Crippen LogP contribution is 2.11. The van der Waals surface area contributed by atoms with Gasteiger partial charge in [0.15, 0.2) is 0 Å². The van der Waals surface area contributed by atoms with Crippen molar-refractivity contribution in [1.82, 2.24) is 10.2 Å². The van der Waals surface area contributed by atoms with E-state index in [1.165, 1.54) is 4.88 Å². The number of thiophene rings is 1. The monoisotopic (exact) mass is 238 g/mol.